The number of carbonyl (C=O) groups excluding carboxylic acids is 1. The summed E-state index contributed by atoms with van der Waals surface area (Å²) >= 11 is 0. The van der Waals surface area contributed by atoms with Crippen LogP contribution < -0.4 is 0 Å². The van der Waals surface area contributed by atoms with Crippen LogP contribution in [0.5, 0.6) is 0 Å². The lowest BCUT2D eigenvalue weighted by molar-refractivity contribution is -0.131. The maximum Gasteiger partial charge on any atom is 0.222 e. The van der Waals surface area contributed by atoms with Crippen LogP contribution in [0.25, 0.3) is 10.9 Å². The van der Waals surface area contributed by atoms with Gasteiger partial charge in [-0.25, -0.2) is 0 Å². The lowest BCUT2D eigenvalue weighted by Crippen LogP contribution is -2.50. The van der Waals surface area contributed by atoms with Crippen molar-refractivity contribution in [2.24, 2.45) is 17.3 Å². The number of H-pyrrole nitrogens is 1. The van der Waals surface area contributed by atoms with Crippen molar-refractivity contribution in [3.05, 3.63) is 47.7 Å². The Morgan fingerprint density at radius 3 is 2.85 bits per heavy atom. The first-order valence-corrected chi connectivity index (χ1v) is 10.5. The summed E-state index contributed by atoms with van der Waals surface area (Å²) in [6.45, 7) is 8.53. The Bertz CT molecular complexity index is 860. The highest BCUT2D eigenvalue weighted by atomic mass is 16.2. The van der Waals surface area contributed by atoms with Crippen molar-refractivity contribution < 1.29 is 4.79 Å². The molecule has 0 aliphatic heterocycles. The monoisotopic (exact) mass is 364 g/mol. The molecule has 3 heteroatoms. The number of hydrogen-bond acceptors (Lipinski definition) is 1. The third-order valence-corrected chi connectivity index (χ3v) is 7.10. The van der Waals surface area contributed by atoms with Gasteiger partial charge < -0.3 is 9.88 Å². The largest absolute Gasteiger partial charge is 0.361 e. The van der Waals surface area contributed by atoms with Crippen LogP contribution in [-0.2, 0) is 11.2 Å². The van der Waals surface area contributed by atoms with Crippen molar-refractivity contribution in [2.75, 3.05) is 13.1 Å². The maximum absolute atomic E-state index is 12.8. The fraction of sp³-hybridized carbons (Fsp3) is 0.542. The Morgan fingerprint density at radius 2 is 2.11 bits per heavy atom. The molecule has 1 saturated carbocycles. The number of amides is 1. The molecule has 0 spiro atoms. The van der Waals surface area contributed by atoms with E-state index in [1.54, 1.807) is 0 Å². The molecular formula is C24H32N2O. The zero-order valence-electron chi connectivity index (χ0n) is 16.9. The predicted molar refractivity (Wildman–Crippen MR) is 112 cm³/mol. The Balaban J connectivity index is 1.48. The van der Waals surface area contributed by atoms with Gasteiger partial charge in [0.1, 0.15) is 0 Å². The van der Waals surface area contributed by atoms with Crippen molar-refractivity contribution in [2.45, 2.75) is 52.9 Å². The molecule has 1 heterocycles. The Morgan fingerprint density at radius 1 is 1.30 bits per heavy atom. The fourth-order valence-electron chi connectivity index (χ4n) is 5.13. The lowest BCUT2D eigenvalue weighted by atomic mass is 9.49. The molecule has 3 aliphatic carbocycles. The minimum atomic E-state index is 0.303. The Labute approximate surface area is 162 Å². The highest BCUT2D eigenvalue weighted by molar-refractivity contribution is 5.83. The van der Waals surface area contributed by atoms with Gasteiger partial charge in [0.05, 0.1) is 0 Å². The van der Waals surface area contributed by atoms with Gasteiger partial charge in [-0.15, -0.1) is 0 Å². The van der Waals surface area contributed by atoms with Gasteiger partial charge in [0.2, 0.25) is 5.91 Å². The first kappa shape index (κ1) is 18.3. The van der Waals surface area contributed by atoms with Crippen LogP contribution in [0.3, 0.4) is 0 Å². The molecule has 3 nitrogen and oxygen atoms in total. The van der Waals surface area contributed by atoms with E-state index in [0.29, 0.717) is 23.7 Å². The zero-order valence-corrected chi connectivity index (χ0v) is 16.9. The van der Waals surface area contributed by atoms with Crippen LogP contribution in [0.15, 0.2) is 42.1 Å². The summed E-state index contributed by atoms with van der Waals surface area (Å²) in [6.07, 6.45) is 9.52. The van der Waals surface area contributed by atoms with Gasteiger partial charge in [-0.3, -0.25) is 4.79 Å². The van der Waals surface area contributed by atoms with E-state index in [2.05, 4.69) is 67.2 Å². The molecule has 0 saturated heterocycles. The number of para-hydroxylation sites is 1. The first-order chi connectivity index (χ1) is 13.0. The second-order valence-corrected chi connectivity index (χ2v) is 9.00. The topological polar surface area (TPSA) is 36.1 Å². The Hall–Kier alpha value is -2.03. The van der Waals surface area contributed by atoms with E-state index < -0.39 is 0 Å². The number of rotatable bonds is 7. The summed E-state index contributed by atoms with van der Waals surface area (Å²) < 4.78 is 0. The summed E-state index contributed by atoms with van der Waals surface area (Å²) in [7, 11) is 0. The van der Waals surface area contributed by atoms with E-state index >= 15 is 0 Å². The summed E-state index contributed by atoms with van der Waals surface area (Å²) in [4.78, 5) is 18.3. The molecule has 2 aromatic rings. The summed E-state index contributed by atoms with van der Waals surface area (Å²) in [6, 6.07) is 8.42. The molecule has 1 aromatic heterocycles. The average molecular weight is 365 g/mol. The number of aromatic nitrogens is 1. The van der Waals surface area contributed by atoms with Crippen molar-refractivity contribution >= 4 is 16.8 Å². The molecule has 1 N–H and O–H groups in total. The number of carbonyl (C=O) groups is 1. The molecule has 0 radical (unpaired) electrons. The molecule has 5 rings (SSSR count). The van der Waals surface area contributed by atoms with Gasteiger partial charge in [0, 0.05) is 36.6 Å². The van der Waals surface area contributed by atoms with Gasteiger partial charge in [0.15, 0.2) is 0 Å². The molecular weight excluding hydrogens is 332 g/mol. The van der Waals surface area contributed by atoms with Crippen molar-refractivity contribution in [3.8, 4) is 0 Å². The molecule has 27 heavy (non-hydrogen) atoms. The second-order valence-electron chi connectivity index (χ2n) is 9.00. The molecule has 1 fully saturated rings. The smallest absolute Gasteiger partial charge is 0.222 e. The molecule has 2 bridgehead atoms. The third kappa shape index (κ3) is 3.33. The molecule has 3 aliphatic rings. The van der Waals surface area contributed by atoms with Crippen LogP contribution in [0.2, 0.25) is 0 Å². The Kier molecular flexibility index (Phi) is 4.88. The number of aromatic amines is 1. The van der Waals surface area contributed by atoms with E-state index in [9.17, 15) is 4.79 Å². The minimum absolute atomic E-state index is 0.303. The van der Waals surface area contributed by atoms with E-state index in [1.165, 1.54) is 34.9 Å². The first-order valence-electron chi connectivity index (χ1n) is 10.5. The lowest BCUT2D eigenvalue weighted by Gasteiger charge is -2.57. The van der Waals surface area contributed by atoms with Crippen LogP contribution in [0, 0.1) is 17.3 Å². The van der Waals surface area contributed by atoms with E-state index in [-0.39, 0.29) is 0 Å². The van der Waals surface area contributed by atoms with Crippen molar-refractivity contribution in [3.63, 3.8) is 0 Å². The molecule has 2 unspecified atom stereocenters. The summed E-state index contributed by atoms with van der Waals surface area (Å²) in [5.41, 5.74) is 4.41. The normalized spacial score (nSPS) is 23.0. The van der Waals surface area contributed by atoms with Crippen molar-refractivity contribution in [1.82, 2.24) is 9.88 Å². The van der Waals surface area contributed by atoms with E-state index in [1.807, 2.05) is 0 Å². The molecule has 144 valence electrons. The predicted octanol–water partition coefficient (Wildman–Crippen LogP) is 5.33. The number of fused-ring (bicyclic) bond motifs is 2. The summed E-state index contributed by atoms with van der Waals surface area (Å²) in [5.74, 6) is 1.82. The average Bonchev–Trinajstić information content (AvgIpc) is 3.08. The van der Waals surface area contributed by atoms with Gasteiger partial charge in [0.25, 0.3) is 0 Å². The SMILES string of the molecule is CCCC(=O)N(CCc1c[nH]c2ccccc12)CC1=CCC2CC1C2(C)C. The van der Waals surface area contributed by atoms with Gasteiger partial charge in [-0.1, -0.05) is 50.6 Å². The number of allylic oxidation sites excluding steroid dienone is 1. The second kappa shape index (κ2) is 7.18. The molecule has 1 aromatic carbocycles. The zero-order chi connectivity index (χ0) is 19.0. The number of hydrogen-bond donors (Lipinski definition) is 1. The van der Waals surface area contributed by atoms with Gasteiger partial charge in [-0.05, 0) is 54.6 Å². The fourth-order valence-corrected chi connectivity index (χ4v) is 5.13. The highest BCUT2D eigenvalue weighted by Gasteiger charge is 2.51. The number of nitrogens with one attached hydrogen (secondary N) is 1. The van der Waals surface area contributed by atoms with Crippen LogP contribution in [0.1, 0.15) is 52.0 Å². The van der Waals surface area contributed by atoms with Gasteiger partial charge >= 0.3 is 0 Å². The summed E-state index contributed by atoms with van der Waals surface area (Å²) in [5, 5.41) is 1.28. The minimum Gasteiger partial charge on any atom is -0.361 e. The quantitative estimate of drug-likeness (QED) is 0.662. The highest BCUT2D eigenvalue weighted by Crippen LogP contribution is 2.59. The standard InChI is InChI=1S/C24H32N2O/c1-4-7-23(27)26(16-18-10-11-19-14-21(18)24(19,2)3)13-12-17-15-25-22-9-6-5-8-20(17)22/h5-6,8-10,15,19,21,25H,4,7,11-14,16H2,1-3H3. The molecule has 2 atom stereocenters. The molecule has 1 amide bonds. The van der Waals surface area contributed by atoms with Gasteiger partial charge in [-0.2, -0.15) is 0 Å². The van der Waals surface area contributed by atoms with E-state index in [4.69, 9.17) is 0 Å². The van der Waals surface area contributed by atoms with Crippen LogP contribution in [-0.4, -0.2) is 28.9 Å². The number of benzene rings is 1. The number of nitrogens with zero attached hydrogens (tertiary/aromatic N) is 1. The van der Waals surface area contributed by atoms with Crippen molar-refractivity contribution in [1.29, 1.82) is 0 Å². The maximum atomic E-state index is 12.8. The third-order valence-electron chi connectivity index (χ3n) is 7.10. The van der Waals surface area contributed by atoms with Crippen LogP contribution in [0.4, 0.5) is 0 Å². The van der Waals surface area contributed by atoms with E-state index in [0.717, 1.165) is 31.8 Å². The van der Waals surface area contributed by atoms with Crippen LogP contribution >= 0.6 is 0 Å².